The van der Waals surface area contributed by atoms with E-state index in [4.69, 9.17) is 9.47 Å². The molecule has 0 fully saturated rings. The Hall–Kier alpha value is -2.86. The van der Waals surface area contributed by atoms with Crippen molar-refractivity contribution in [3.8, 4) is 5.75 Å². The Labute approximate surface area is 139 Å². The molecule has 0 radical (unpaired) electrons. The summed E-state index contributed by atoms with van der Waals surface area (Å²) in [4.78, 5) is 16.9. The maximum absolute atomic E-state index is 12.3. The van der Waals surface area contributed by atoms with Gasteiger partial charge in [-0.15, -0.1) is 0 Å². The van der Waals surface area contributed by atoms with Crippen LogP contribution in [0.5, 0.6) is 5.75 Å². The van der Waals surface area contributed by atoms with Crippen LogP contribution in [0.15, 0.2) is 42.5 Å². The van der Waals surface area contributed by atoms with Gasteiger partial charge < -0.3 is 19.4 Å². The molecular formula is C18H17N3O3. The number of imidazole rings is 1. The summed E-state index contributed by atoms with van der Waals surface area (Å²) in [6.07, 6.45) is 0. The van der Waals surface area contributed by atoms with E-state index in [0.717, 1.165) is 34.8 Å². The minimum atomic E-state index is -0.163. The Bertz CT molecular complexity index is 900. The van der Waals surface area contributed by atoms with Gasteiger partial charge in [-0.25, -0.2) is 4.98 Å². The molecule has 0 saturated carbocycles. The Morgan fingerprint density at radius 2 is 2.08 bits per heavy atom. The molecule has 1 aliphatic rings. The average Bonchev–Trinajstić information content (AvgIpc) is 2.99. The maximum atomic E-state index is 12.3. The number of nitrogens with one attached hydrogen (secondary N) is 1. The molecule has 6 nitrogen and oxygen atoms in total. The van der Waals surface area contributed by atoms with Gasteiger partial charge in [0.25, 0.3) is 5.91 Å². The summed E-state index contributed by atoms with van der Waals surface area (Å²) in [5.41, 5.74) is 3.23. The third-order valence-electron chi connectivity index (χ3n) is 4.13. The first kappa shape index (κ1) is 14.7. The Morgan fingerprint density at radius 1 is 1.25 bits per heavy atom. The molecule has 6 heteroatoms. The summed E-state index contributed by atoms with van der Waals surface area (Å²) in [6, 6.07) is 12.8. The molecule has 0 bridgehead atoms. The molecule has 2 heterocycles. The van der Waals surface area contributed by atoms with E-state index in [-0.39, 0.29) is 5.91 Å². The molecule has 0 spiro atoms. The van der Waals surface area contributed by atoms with E-state index < -0.39 is 0 Å². The molecular weight excluding hydrogens is 306 g/mol. The quantitative estimate of drug-likeness (QED) is 0.805. The number of hydrogen-bond donors (Lipinski definition) is 1. The predicted molar refractivity (Wildman–Crippen MR) is 90.3 cm³/mol. The number of ether oxygens (including phenoxy) is 2. The van der Waals surface area contributed by atoms with Crippen molar-refractivity contribution in [1.29, 1.82) is 0 Å². The van der Waals surface area contributed by atoms with Crippen LogP contribution in [0.2, 0.25) is 0 Å². The van der Waals surface area contributed by atoms with Crippen LogP contribution in [0.25, 0.3) is 11.0 Å². The van der Waals surface area contributed by atoms with E-state index in [9.17, 15) is 4.79 Å². The number of amides is 1. The van der Waals surface area contributed by atoms with Gasteiger partial charge in [0.15, 0.2) is 0 Å². The molecule has 1 amide bonds. The summed E-state index contributed by atoms with van der Waals surface area (Å²) in [5.74, 6) is 1.48. The number of carbonyl (C=O) groups is 1. The molecule has 3 aromatic rings. The second-order valence-corrected chi connectivity index (χ2v) is 5.62. The van der Waals surface area contributed by atoms with Gasteiger partial charge in [-0.3, -0.25) is 4.79 Å². The van der Waals surface area contributed by atoms with Crippen molar-refractivity contribution in [1.82, 2.24) is 9.55 Å². The van der Waals surface area contributed by atoms with Crippen LogP contribution in [0, 0.1) is 0 Å². The van der Waals surface area contributed by atoms with Crippen molar-refractivity contribution in [3.05, 3.63) is 53.9 Å². The summed E-state index contributed by atoms with van der Waals surface area (Å²) >= 11 is 0. The number of methoxy groups -OCH3 is 1. The molecule has 4 rings (SSSR count). The second-order valence-electron chi connectivity index (χ2n) is 5.62. The van der Waals surface area contributed by atoms with Gasteiger partial charge in [-0.05, 0) is 42.5 Å². The number of hydrogen-bond acceptors (Lipinski definition) is 4. The molecule has 0 unspecified atom stereocenters. The zero-order valence-corrected chi connectivity index (χ0v) is 13.3. The van der Waals surface area contributed by atoms with E-state index in [0.29, 0.717) is 18.8 Å². The minimum Gasteiger partial charge on any atom is -0.497 e. The first-order chi connectivity index (χ1) is 11.7. The fraction of sp³-hybridized carbons (Fsp3) is 0.222. The average molecular weight is 323 g/mol. The number of carbonyl (C=O) groups excluding carboxylic acids is 1. The van der Waals surface area contributed by atoms with Gasteiger partial charge in [-0.1, -0.05) is 0 Å². The number of nitrogens with zero attached hydrogens (tertiary/aromatic N) is 2. The zero-order chi connectivity index (χ0) is 16.5. The lowest BCUT2D eigenvalue weighted by atomic mass is 10.2. The predicted octanol–water partition coefficient (Wildman–Crippen LogP) is 2.83. The van der Waals surface area contributed by atoms with Gasteiger partial charge in [0.2, 0.25) is 0 Å². The van der Waals surface area contributed by atoms with Crippen LogP contribution in [-0.2, 0) is 17.9 Å². The van der Waals surface area contributed by atoms with Crippen LogP contribution in [-0.4, -0.2) is 29.2 Å². The molecule has 1 aliphatic heterocycles. The SMILES string of the molecule is COc1ccc(C(=O)Nc2ccc3c(c2)nc2n3CCOC2)cc1. The highest BCUT2D eigenvalue weighted by Crippen LogP contribution is 2.23. The van der Waals surface area contributed by atoms with Crippen molar-refractivity contribution < 1.29 is 14.3 Å². The number of benzene rings is 2. The number of aromatic nitrogens is 2. The molecule has 0 saturated heterocycles. The molecule has 122 valence electrons. The van der Waals surface area contributed by atoms with E-state index in [1.165, 1.54) is 0 Å². The van der Waals surface area contributed by atoms with Crippen LogP contribution >= 0.6 is 0 Å². The molecule has 0 atom stereocenters. The Kier molecular flexibility index (Phi) is 3.66. The smallest absolute Gasteiger partial charge is 0.255 e. The van der Waals surface area contributed by atoms with Gasteiger partial charge >= 0.3 is 0 Å². The highest BCUT2D eigenvalue weighted by atomic mass is 16.5. The third-order valence-corrected chi connectivity index (χ3v) is 4.13. The number of anilines is 1. The molecule has 2 aromatic carbocycles. The van der Waals surface area contributed by atoms with Gasteiger partial charge in [0, 0.05) is 17.8 Å². The van der Waals surface area contributed by atoms with E-state index in [1.54, 1.807) is 31.4 Å². The summed E-state index contributed by atoms with van der Waals surface area (Å²) in [6.45, 7) is 2.04. The van der Waals surface area contributed by atoms with E-state index in [1.807, 2.05) is 18.2 Å². The van der Waals surface area contributed by atoms with Crippen molar-refractivity contribution in [2.45, 2.75) is 13.2 Å². The lowest BCUT2D eigenvalue weighted by molar-refractivity contribution is 0.0830. The topological polar surface area (TPSA) is 65.4 Å². The first-order valence-corrected chi connectivity index (χ1v) is 7.77. The Morgan fingerprint density at radius 3 is 2.88 bits per heavy atom. The highest BCUT2D eigenvalue weighted by Gasteiger charge is 2.15. The first-order valence-electron chi connectivity index (χ1n) is 7.77. The minimum absolute atomic E-state index is 0.163. The highest BCUT2D eigenvalue weighted by molar-refractivity contribution is 6.05. The van der Waals surface area contributed by atoms with Gasteiger partial charge in [0.1, 0.15) is 18.2 Å². The van der Waals surface area contributed by atoms with Crippen molar-refractivity contribution >= 4 is 22.6 Å². The fourth-order valence-corrected chi connectivity index (χ4v) is 2.88. The van der Waals surface area contributed by atoms with Gasteiger partial charge in [0.05, 0.1) is 24.8 Å². The monoisotopic (exact) mass is 323 g/mol. The second kappa shape index (κ2) is 5.98. The van der Waals surface area contributed by atoms with Crippen LogP contribution in [0.4, 0.5) is 5.69 Å². The van der Waals surface area contributed by atoms with E-state index >= 15 is 0 Å². The Balaban J connectivity index is 1.58. The van der Waals surface area contributed by atoms with E-state index in [2.05, 4.69) is 14.9 Å². The van der Waals surface area contributed by atoms with Crippen molar-refractivity contribution in [2.24, 2.45) is 0 Å². The molecule has 1 N–H and O–H groups in total. The van der Waals surface area contributed by atoms with Crippen LogP contribution in [0.3, 0.4) is 0 Å². The largest absolute Gasteiger partial charge is 0.497 e. The summed E-state index contributed by atoms with van der Waals surface area (Å²) in [7, 11) is 1.60. The van der Waals surface area contributed by atoms with Crippen LogP contribution in [0.1, 0.15) is 16.2 Å². The zero-order valence-electron chi connectivity index (χ0n) is 13.3. The normalized spacial score (nSPS) is 13.5. The molecule has 0 aliphatic carbocycles. The van der Waals surface area contributed by atoms with Gasteiger partial charge in [-0.2, -0.15) is 0 Å². The number of fused-ring (bicyclic) bond motifs is 3. The third kappa shape index (κ3) is 2.61. The lowest BCUT2D eigenvalue weighted by Gasteiger charge is -2.14. The summed E-state index contributed by atoms with van der Waals surface area (Å²) < 4.78 is 12.7. The number of rotatable bonds is 3. The molecule has 24 heavy (non-hydrogen) atoms. The summed E-state index contributed by atoms with van der Waals surface area (Å²) in [5, 5.41) is 2.91. The molecule has 1 aromatic heterocycles. The maximum Gasteiger partial charge on any atom is 0.255 e. The van der Waals surface area contributed by atoms with Crippen molar-refractivity contribution in [3.63, 3.8) is 0 Å². The van der Waals surface area contributed by atoms with Crippen LogP contribution < -0.4 is 10.1 Å². The van der Waals surface area contributed by atoms with Crippen molar-refractivity contribution in [2.75, 3.05) is 19.0 Å². The standard InChI is InChI=1S/C18H17N3O3/c1-23-14-5-2-12(3-6-14)18(22)19-13-4-7-16-15(10-13)20-17-11-24-9-8-21(16)17/h2-7,10H,8-9,11H2,1H3,(H,19,22). The fourth-order valence-electron chi connectivity index (χ4n) is 2.88. The lowest BCUT2D eigenvalue weighted by Crippen LogP contribution is -2.16.